The fourth-order valence-corrected chi connectivity index (χ4v) is 3.62. The van der Waals surface area contributed by atoms with Gasteiger partial charge in [0, 0.05) is 13.1 Å². The van der Waals surface area contributed by atoms with E-state index in [0.717, 1.165) is 18.0 Å². The van der Waals surface area contributed by atoms with E-state index in [4.69, 9.17) is 0 Å². The van der Waals surface area contributed by atoms with E-state index >= 15 is 0 Å². The van der Waals surface area contributed by atoms with Gasteiger partial charge in [-0.2, -0.15) is 0 Å². The highest BCUT2D eigenvalue weighted by Gasteiger charge is 2.21. The van der Waals surface area contributed by atoms with Gasteiger partial charge >= 0.3 is 6.03 Å². The zero-order valence-corrected chi connectivity index (χ0v) is 14.3. The fraction of sp³-hybridized carbons (Fsp3) is 0.438. The number of benzene rings is 1. The Kier molecular flexibility index (Phi) is 5.24. The summed E-state index contributed by atoms with van der Waals surface area (Å²) in [4.78, 5) is 14.1. The Morgan fingerprint density at radius 1 is 1.21 bits per heavy atom. The Balaban J connectivity index is 1.59. The number of amides is 2. The topological polar surface area (TPSA) is 70.2 Å². The summed E-state index contributed by atoms with van der Waals surface area (Å²) in [5, 5.41) is 14.4. The van der Waals surface area contributed by atoms with E-state index in [0.29, 0.717) is 11.2 Å². The minimum atomic E-state index is -0.539. The number of carbonyl (C=O) groups excluding carboxylic acids is 1. The molecule has 1 heterocycles. The predicted molar refractivity (Wildman–Crippen MR) is 94.2 cm³/mol. The van der Waals surface area contributed by atoms with E-state index in [1.165, 1.54) is 42.7 Å². The Hall–Kier alpha value is -2.22. The Morgan fingerprint density at radius 3 is 2.71 bits per heavy atom. The van der Waals surface area contributed by atoms with Crippen molar-refractivity contribution in [2.24, 2.45) is 0 Å². The summed E-state index contributed by atoms with van der Waals surface area (Å²) in [6, 6.07) is 5.95. The number of para-hydroxylation sites is 1. The molecule has 0 atom stereocenters. The largest absolute Gasteiger partial charge is 0.347 e. The second-order valence-corrected chi connectivity index (χ2v) is 6.81. The molecule has 0 unspecified atom stereocenters. The smallest absolute Gasteiger partial charge is 0.325 e. The number of anilines is 3. The van der Waals surface area contributed by atoms with Crippen molar-refractivity contribution in [1.82, 2.24) is 10.2 Å². The Bertz CT molecular complexity index is 701. The van der Waals surface area contributed by atoms with Crippen LogP contribution in [0.4, 0.5) is 25.1 Å². The highest BCUT2D eigenvalue weighted by molar-refractivity contribution is 7.19. The quantitative estimate of drug-likeness (QED) is 0.872. The first-order valence-electron chi connectivity index (χ1n) is 8.02. The highest BCUT2D eigenvalue weighted by atomic mass is 32.1. The zero-order valence-electron chi connectivity index (χ0n) is 13.5. The van der Waals surface area contributed by atoms with Crippen LogP contribution in [0.25, 0.3) is 0 Å². The third-order valence-corrected chi connectivity index (χ3v) is 5.11. The standard InChI is InChI=1S/C16H20FN5OS/c1-22(11-7-3-2-4-8-11)16-21-20-15(24-16)19-14(23)18-13-10-6-5-9-12(13)17/h5-6,9-11H,2-4,7-8H2,1H3,(H2,18,19,20,23). The molecular formula is C16H20FN5OS. The van der Waals surface area contributed by atoms with E-state index < -0.39 is 11.8 Å². The molecule has 0 bridgehead atoms. The minimum absolute atomic E-state index is 0.124. The first-order chi connectivity index (χ1) is 11.6. The molecule has 0 spiro atoms. The molecule has 2 amide bonds. The molecule has 128 valence electrons. The lowest BCUT2D eigenvalue weighted by molar-refractivity contribution is 0.262. The maximum atomic E-state index is 13.5. The molecule has 24 heavy (non-hydrogen) atoms. The van der Waals surface area contributed by atoms with Gasteiger partial charge in [0.25, 0.3) is 0 Å². The van der Waals surface area contributed by atoms with Crippen LogP contribution in [0.5, 0.6) is 0 Å². The van der Waals surface area contributed by atoms with Crippen molar-refractivity contribution in [2.45, 2.75) is 38.1 Å². The van der Waals surface area contributed by atoms with Crippen molar-refractivity contribution in [1.29, 1.82) is 0 Å². The van der Waals surface area contributed by atoms with E-state index in [1.807, 2.05) is 7.05 Å². The molecule has 6 nitrogen and oxygen atoms in total. The molecule has 0 aliphatic heterocycles. The molecule has 1 aliphatic carbocycles. The second kappa shape index (κ2) is 7.57. The zero-order chi connectivity index (χ0) is 16.9. The number of hydrogen-bond acceptors (Lipinski definition) is 5. The summed E-state index contributed by atoms with van der Waals surface area (Å²) in [5.74, 6) is -0.484. The summed E-state index contributed by atoms with van der Waals surface area (Å²) in [7, 11) is 2.01. The Morgan fingerprint density at radius 2 is 1.96 bits per heavy atom. The highest BCUT2D eigenvalue weighted by Crippen LogP contribution is 2.29. The fourth-order valence-electron chi connectivity index (χ4n) is 2.85. The van der Waals surface area contributed by atoms with Crippen molar-refractivity contribution in [3.05, 3.63) is 30.1 Å². The number of aromatic nitrogens is 2. The average Bonchev–Trinajstić information content (AvgIpc) is 3.05. The van der Waals surface area contributed by atoms with Crippen LogP contribution in [0, 0.1) is 5.82 Å². The van der Waals surface area contributed by atoms with Crippen LogP contribution in [0.15, 0.2) is 24.3 Å². The number of urea groups is 1. The van der Waals surface area contributed by atoms with Crippen molar-refractivity contribution in [3.63, 3.8) is 0 Å². The maximum absolute atomic E-state index is 13.5. The van der Waals surface area contributed by atoms with E-state index in [2.05, 4.69) is 25.7 Å². The second-order valence-electron chi connectivity index (χ2n) is 5.85. The van der Waals surface area contributed by atoms with E-state index in [9.17, 15) is 9.18 Å². The van der Waals surface area contributed by atoms with Crippen molar-refractivity contribution >= 4 is 33.3 Å². The molecule has 0 saturated heterocycles. The van der Waals surface area contributed by atoms with E-state index in [1.54, 1.807) is 12.1 Å². The maximum Gasteiger partial charge on any atom is 0.325 e. The van der Waals surface area contributed by atoms with Crippen LogP contribution < -0.4 is 15.5 Å². The number of nitrogens with zero attached hydrogens (tertiary/aromatic N) is 3. The average molecular weight is 349 g/mol. The first-order valence-corrected chi connectivity index (χ1v) is 8.84. The van der Waals surface area contributed by atoms with Gasteiger partial charge in [0.1, 0.15) is 5.82 Å². The molecule has 2 aromatic rings. The molecule has 1 aromatic heterocycles. The van der Waals surface area contributed by atoms with Gasteiger partial charge in [-0.05, 0) is 25.0 Å². The van der Waals surface area contributed by atoms with Crippen LogP contribution in [0.3, 0.4) is 0 Å². The van der Waals surface area contributed by atoms with E-state index in [-0.39, 0.29) is 5.69 Å². The summed E-state index contributed by atoms with van der Waals surface area (Å²) >= 11 is 1.32. The van der Waals surface area contributed by atoms with Gasteiger partial charge in [-0.15, -0.1) is 10.2 Å². The van der Waals surface area contributed by atoms with Crippen molar-refractivity contribution in [3.8, 4) is 0 Å². The summed E-state index contributed by atoms with van der Waals surface area (Å²) in [6.45, 7) is 0. The summed E-state index contributed by atoms with van der Waals surface area (Å²) in [5.41, 5.74) is 0.124. The van der Waals surface area contributed by atoms with Crippen LogP contribution in [-0.4, -0.2) is 29.3 Å². The first kappa shape index (κ1) is 16.6. The molecule has 3 rings (SSSR count). The number of hydrogen-bond donors (Lipinski definition) is 2. The van der Waals surface area contributed by atoms with Crippen molar-refractivity contribution < 1.29 is 9.18 Å². The van der Waals surface area contributed by atoms with Gasteiger partial charge in [0.2, 0.25) is 10.3 Å². The van der Waals surface area contributed by atoms with Crippen LogP contribution in [0.2, 0.25) is 0 Å². The molecule has 1 fully saturated rings. The molecule has 0 radical (unpaired) electrons. The lowest BCUT2D eigenvalue weighted by atomic mass is 9.95. The molecule has 8 heteroatoms. The molecular weight excluding hydrogens is 329 g/mol. The SMILES string of the molecule is CN(c1nnc(NC(=O)Nc2ccccc2F)s1)C1CCCCC1. The van der Waals surface area contributed by atoms with Crippen LogP contribution in [-0.2, 0) is 0 Å². The van der Waals surface area contributed by atoms with Gasteiger partial charge in [0.05, 0.1) is 5.69 Å². The van der Waals surface area contributed by atoms with Crippen LogP contribution in [0.1, 0.15) is 32.1 Å². The molecule has 1 aliphatic rings. The third kappa shape index (κ3) is 4.00. The van der Waals surface area contributed by atoms with Crippen molar-refractivity contribution in [2.75, 3.05) is 22.6 Å². The Labute approximate surface area is 144 Å². The number of rotatable bonds is 4. The number of nitrogens with one attached hydrogen (secondary N) is 2. The summed E-state index contributed by atoms with van der Waals surface area (Å²) < 4.78 is 13.5. The molecule has 1 aromatic carbocycles. The number of halogens is 1. The van der Waals surface area contributed by atoms with Gasteiger partial charge in [-0.3, -0.25) is 5.32 Å². The normalized spacial score (nSPS) is 15.1. The number of carbonyl (C=O) groups is 1. The van der Waals surface area contributed by atoms with Gasteiger partial charge < -0.3 is 10.2 Å². The molecule has 2 N–H and O–H groups in total. The minimum Gasteiger partial charge on any atom is -0.347 e. The van der Waals surface area contributed by atoms with Crippen LogP contribution >= 0.6 is 11.3 Å². The van der Waals surface area contributed by atoms with Gasteiger partial charge in [0.15, 0.2) is 0 Å². The lowest BCUT2D eigenvalue weighted by Gasteiger charge is -2.30. The lowest BCUT2D eigenvalue weighted by Crippen LogP contribution is -2.33. The molecule has 1 saturated carbocycles. The summed E-state index contributed by atoms with van der Waals surface area (Å²) in [6.07, 6.45) is 6.09. The van der Waals surface area contributed by atoms with Gasteiger partial charge in [-0.25, -0.2) is 9.18 Å². The predicted octanol–water partition coefficient (Wildman–Crippen LogP) is 4.09. The third-order valence-electron chi connectivity index (χ3n) is 4.18. The van der Waals surface area contributed by atoms with Gasteiger partial charge in [-0.1, -0.05) is 42.7 Å². The monoisotopic (exact) mass is 349 g/mol.